The van der Waals surface area contributed by atoms with Gasteiger partial charge in [-0.15, -0.1) is 0 Å². The van der Waals surface area contributed by atoms with E-state index in [-0.39, 0.29) is 24.2 Å². The van der Waals surface area contributed by atoms with Crippen molar-refractivity contribution in [1.82, 2.24) is 4.90 Å². The van der Waals surface area contributed by atoms with E-state index in [0.717, 1.165) is 29.4 Å². The Hall–Kier alpha value is -2.19. The highest BCUT2D eigenvalue weighted by Gasteiger charge is 2.41. The van der Waals surface area contributed by atoms with Gasteiger partial charge in [-0.2, -0.15) is 0 Å². The van der Waals surface area contributed by atoms with Crippen LogP contribution in [0.5, 0.6) is 0 Å². The van der Waals surface area contributed by atoms with Gasteiger partial charge >= 0.3 is 5.97 Å². The first-order valence-electron chi connectivity index (χ1n) is 9.34. The predicted molar refractivity (Wildman–Crippen MR) is 114 cm³/mol. The molecule has 8 heteroatoms. The fourth-order valence-corrected chi connectivity index (χ4v) is 4.68. The number of fused-ring (bicyclic) bond motifs is 1. The van der Waals surface area contributed by atoms with Crippen LogP contribution in [-0.4, -0.2) is 46.7 Å². The summed E-state index contributed by atoms with van der Waals surface area (Å²) >= 11 is 6.53. The number of amides is 2. The van der Waals surface area contributed by atoms with E-state index in [2.05, 4.69) is 0 Å². The van der Waals surface area contributed by atoms with Gasteiger partial charge in [0.05, 0.1) is 22.8 Å². The highest BCUT2D eigenvalue weighted by molar-refractivity contribution is 8.26. The molecule has 1 fully saturated rings. The van der Waals surface area contributed by atoms with E-state index in [1.165, 1.54) is 4.90 Å². The molecule has 0 radical (unpaired) electrons. The van der Waals surface area contributed by atoms with Gasteiger partial charge in [0.2, 0.25) is 0 Å². The number of para-hydroxylation sites is 1. The number of thiocarbonyl (C=S) groups is 1. The highest BCUT2D eigenvalue weighted by Crippen LogP contribution is 2.44. The molecule has 2 aliphatic heterocycles. The standard InChI is InChI=1S/C20H22N2O4S2/c1-3-11-21-14-9-6-5-8-13(14)16(18(21)24)17-19(25)22(20(27)28-17)12-7-10-15(23)26-4-2/h5-6,8-9H,3-4,7,10-12H2,1-2H3/b17-16-. The van der Waals surface area contributed by atoms with E-state index < -0.39 is 0 Å². The van der Waals surface area contributed by atoms with Gasteiger partial charge in [-0.1, -0.05) is 49.1 Å². The number of esters is 1. The Labute approximate surface area is 173 Å². The van der Waals surface area contributed by atoms with Crippen LogP contribution in [0.25, 0.3) is 5.57 Å². The largest absolute Gasteiger partial charge is 0.466 e. The van der Waals surface area contributed by atoms with Gasteiger partial charge in [0.25, 0.3) is 11.8 Å². The van der Waals surface area contributed by atoms with Crippen molar-refractivity contribution < 1.29 is 19.1 Å². The van der Waals surface area contributed by atoms with E-state index in [1.54, 1.807) is 11.8 Å². The Balaban J connectivity index is 1.84. The first-order valence-corrected chi connectivity index (χ1v) is 10.6. The molecule has 0 aromatic heterocycles. The number of thioether (sulfide) groups is 1. The lowest BCUT2D eigenvalue weighted by Crippen LogP contribution is -2.30. The molecule has 2 aliphatic rings. The molecule has 28 heavy (non-hydrogen) atoms. The molecule has 0 spiro atoms. The van der Waals surface area contributed by atoms with Gasteiger partial charge in [-0.25, -0.2) is 0 Å². The summed E-state index contributed by atoms with van der Waals surface area (Å²) in [5, 5.41) is 0. The third-order valence-electron chi connectivity index (χ3n) is 4.51. The number of carbonyl (C=O) groups is 3. The summed E-state index contributed by atoms with van der Waals surface area (Å²) in [6.07, 6.45) is 1.51. The molecule has 0 saturated carbocycles. The maximum absolute atomic E-state index is 13.1. The van der Waals surface area contributed by atoms with E-state index in [4.69, 9.17) is 17.0 Å². The second kappa shape index (κ2) is 8.87. The molecule has 0 N–H and O–H groups in total. The average Bonchev–Trinajstić information content (AvgIpc) is 3.10. The molecule has 0 bridgehead atoms. The normalized spacial score (nSPS) is 18.9. The van der Waals surface area contributed by atoms with E-state index in [1.807, 2.05) is 31.2 Å². The molecule has 2 heterocycles. The molecule has 0 aliphatic carbocycles. The van der Waals surface area contributed by atoms with Gasteiger partial charge in [0.15, 0.2) is 0 Å². The minimum Gasteiger partial charge on any atom is -0.466 e. The molecule has 0 atom stereocenters. The Morgan fingerprint density at radius 3 is 2.57 bits per heavy atom. The van der Waals surface area contributed by atoms with Crippen molar-refractivity contribution in [3.05, 3.63) is 34.7 Å². The molecule has 0 unspecified atom stereocenters. The van der Waals surface area contributed by atoms with Crippen LogP contribution in [0.3, 0.4) is 0 Å². The van der Waals surface area contributed by atoms with Crippen molar-refractivity contribution in [3.8, 4) is 0 Å². The number of nitrogens with zero attached hydrogens (tertiary/aromatic N) is 2. The van der Waals surface area contributed by atoms with Crippen LogP contribution >= 0.6 is 24.0 Å². The minimum atomic E-state index is -0.290. The molecule has 3 rings (SSSR count). The van der Waals surface area contributed by atoms with Gasteiger partial charge in [0.1, 0.15) is 4.32 Å². The summed E-state index contributed by atoms with van der Waals surface area (Å²) in [5.74, 6) is -0.716. The van der Waals surface area contributed by atoms with Crippen LogP contribution in [0.1, 0.15) is 38.7 Å². The third kappa shape index (κ3) is 3.84. The maximum atomic E-state index is 13.1. The number of ether oxygens (including phenoxy) is 1. The topological polar surface area (TPSA) is 66.9 Å². The summed E-state index contributed by atoms with van der Waals surface area (Å²) in [4.78, 5) is 41.1. The molecular weight excluding hydrogens is 396 g/mol. The number of carbonyl (C=O) groups excluding carboxylic acids is 3. The van der Waals surface area contributed by atoms with E-state index >= 15 is 0 Å². The molecule has 1 saturated heterocycles. The molecule has 1 aromatic carbocycles. The average molecular weight is 419 g/mol. The molecule has 2 amide bonds. The summed E-state index contributed by atoms with van der Waals surface area (Å²) in [5.41, 5.74) is 2.03. The summed E-state index contributed by atoms with van der Waals surface area (Å²) < 4.78 is 5.32. The predicted octanol–water partition coefficient (Wildman–Crippen LogP) is 3.36. The second-order valence-corrected chi connectivity index (χ2v) is 8.06. The number of benzene rings is 1. The fourth-order valence-electron chi connectivity index (χ4n) is 3.30. The zero-order chi connectivity index (χ0) is 20.3. The highest BCUT2D eigenvalue weighted by atomic mass is 32.2. The summed E-state index contributed by atoms with van der Waals surface area (Å²) in [6, 6.07) is 7.52. The molecular formula is C20H22N2O4S2. The fraction of sp³-hybridized carbons (Fsp3) is 0.400. The third-order valence-corrected chi connectivity index (χ3v) is 5.96. The van der Waals surface area contributed by atoms with Crippen molar-refractivity contribution >= 4 is 57.3 Å². The van der Waals surface area contributed by atoms with Gasteiger partial charge in [-0.3, -0.25) is 19.3 Å². The van der Waals surface area contributed by atoms with Crippen molar-refractivity contribution in [2.45, 2.75) is 33.1 Å². The number of rotatable bonds is 7. The van der Waals surface area contributed by atoms with E-state index in [9.17, 15) is 14.4 Å². The number of anilines is 1. The van der Waals surface area contributed by atoms with Crippen molar-refractivity contribution in [3.63, 3.8) is 0 Å². The lowest BCUT2D eigenvalue weighted by atomic mass is 10.1. The zero-order valence-corrected chi connectivity index (χ0v) is 17.5. The quantitative estimate of drug-likeness (QED) is 0.384. The first kappa shape index (κ1) is 20.5. The van der Waals surface area contributed by atoms with Gasteiger partial charge < -0.3 is 9.64 Å². The van der Waals surface area contributed by atoms with Crippen LogP contribution < -0.4 is 4.90 Å². The Bertz CT molecular complexity index is 866. The molecule has 1 aromatic rings. The SMILES string of the molecule is CCCN1C(=O)/C(=C2\SC(=S)N(CCCC(=O)OCC)C2=O)c2ccccc21. The van der Waals surface area contributed by atoms with Crippen LogP contribution in [0.4, 0.5) is 5.69 Å². The summed E-state index contributed by atoms with van der Waals surface area (Å²) in [6.45, 7) is 5.02. The Morgan fingerprint density at radius 1 is 1.11 bits per heavy atom. The lowest BCUT2D eigenvalue weighted by molar-refractivity contribution is -0.143. The summed E-state index contributed by atoms with van der Waals surface area (Å²) in [7, 11) is 0. The van der Waals surface area contributed by atoms with Crippen LogP contribution in [0.2, 0.25) is 0 Å². The monoisotopic (exact) mass is 418 g/mol. The second-order valence-electron chi connectivity index (χ2n) is 6.41. The van der Waals surface area contributed by atoms with Crippen molar-refractivity contribution in [2.75, 3.05) is 24.6 Å². The smallest absolute Gasteiger partial charge is 0.305 e. The maximum Gasteiger partial charge on any atom is 0.305 e. The van der Waals surface area contributed by atoms with Gasteiger partial charge in [0, 0.05) is 25.1 Å². The Morgan fingerprint density at radius 2 is 1.86 bits per heavy atom. The first-order chi connectivity index (χ1) is 13.5. The van der Waals surface area contributed by atoms with E-state index in [0.29, 0.717) is 40.9 Å². The molecule has 148 valence electrons. The van der Waals surface area contributed by atoms with Crippen LogP contribution in [0.15, 0.2) is 29.2 Å². The van der Waals surface area contributed by atoms with Gasteiger partial charge in [-0.05, 0) is 25.8 Å². The van der Waals surface area contributed by atoms with Crippen molar-refractivity contribution in [1.29, 1.82) is 0 Å². The van der Waals surface area contributed by atoms with Crippen LogP contribution in [-0.2, 0) is 19.1 Å². The molecule has 6 nitrogen and oxygen atoms in total. The van der Waals surface area contributed by atoms with Crippen LogP contribution in [0, 0.1) is 0 Å². The number of hydrogen-bond donors (Lipinski definition) is 0. The number of hydrogen-bond acceptors (Lipinski definition) is 6. The minimum absolute atomic E-state index is 0.157. The zero-order valence-electron chi connectivity index (χ0n) is 15.9. The Kier molecular flexibility index (Phi) is 6.51. The van der Waals surface area contributed by atoms with Crippen molar-refractivity contribution in [2.24, 2.45) is 0 Å². The lowest BCUT2D eigenvalue weighted by Gasteiger charge is -2.15.